The zero-order chi connectivity index (χ0) is 21.1. The van der Waals surface area contributed by atoms with E-state index in [9.17, 15) is 9.90 Å². The Balaban J connectivity index is 1.86. The van der Waals surface area contributed by atoms with Crippen molar-refractivity contribution in [3.63, 3.8) is 0 Å². The average molecular weight is 405 g/mol. The van der Waals surface area contributed by atoms with Gasteiger partial charge in [0.1, 0.15) is 6.04 Å². The maximum absolute atomic E-state index is 12.1. The summed E-state index contributed by atoms with van der Waals surface area (Å²) in [4.78, 5) is 14.2. The van der Waals surface area contributed by atoms with Crippen molar-refractivity contribution in [2.24, 2.45) is 0 Å². The average Bonchev–Trinajstić information content (AvgIpc) is 2.79. The second-order valence-corrected chi connectivity index (χ2v) is 7.71. The molecule has 1 fully saturated rings. The molecule has 2 atom stereocenters. The molecule has 2 unspecified atom stereocenters. The number of hydrogen-bond donors (Lipinski definition) is 1. The van der Waals surface area contributed by atoms with E-state index in [1.54, 1.807) is 14.2 Å². The number of carboxylic acids is 1. The largest absolute Gasteiger partial charge is 0.493 e. The van der Waals surface area contributed by atoms with Crippen molar-refractivity contribution < 1.29 is 19.4 Å². The van der Waals surface area contributed by atoms with Gasteiger partial charge in [0.2, 0.25) is 0 Å². The third-order valence-electron chi connectivity index (χ3n) is 5.97. The molecule has 1 saturated heterocycles. The quantitative estimate of drug-likeness (QED) is 0.633. The van der Waals surface area contributed by atoms with Crippen molar-refractivity contribution in [2.75, 3.05) is 20.8 Å². The van der Waals surface area contributed by atoms with Crippen LogP contribution in [-0.2, 0) is 4.79 Å². The van der Waals surface area contributed by atoms with Gasteiger partial charge < -0.3 is 14.6 Å². The summed E-state index contributed by atoms with van der Waals surface area (Å²) in [5.74, 6) is 0.539. The number of likely N-dealkylation sites (tertiary alicyclic amines) is 1. The molecule has 5 heteroatoms. The maximum atomic E-state index is 12.1. The van der Waals surface area contributed by atoms with Crippen LogP contribution in [0.3, 0.4) is 0 Å². The van der Waals surface area contributed by atoms with E-state index in [2.05, 4.69) is 35.2 Å². The summed E-state index contributed by atoms with van der Waals surface area (Å²) < 4.78 is 10.9. The second kappa shape index (κ2) is 8.76. The highest BCUT2D eigenvalue weighted by atomic mass is 16.5. The lowest BCUT2D eigenvalue weighted by Gasteiger charge is -2.39. The van der Waals surface area contributed by atoms with Crippen molar-refractivity contribution in [1.29, 1.82) is 0 Å². The number of aliphatic carboxylic acids is 1. The van der Waals surface area contributed by atoms with Crippen LogP contribution in [0.5, 0.6) is 11.5 Å². The van der Waals surface area contributed by atoms with Crippen LogP contribution in [0, 0.1) is 0 Å². The molecule has 4 rings (SSSR count). The molecular formula is C25H27NO4. The van der Waals surface area contributed by atoms with Gasteiger partial charge in [0.25, 0.3) is 0 Å². The van der Waals surface area contributed by atoms with Gasteiger partial charge in [-0.1, -0.05) is 48.9 Å². The first-order valence-corrected chi connectivity index (χ1v) is 10.3. The van der Waals surface area contributed by atoms with E-state index in [1.165, 1.54) is 5.39 Å². The minimum absolute atomic E-state index is 0.184. The number of carbonyl (C=O) groups is 1. The summed E-state index contributed by atoms with van der Waals surface area (Å²) in [5, 5.41) is 12.2. The number of hydrogen-bond acceptors (Lipinski definition) is 4. The summed E-state index contributed by atoms with van der Waals surface area (Å²) in [6, 6.07) is 19.8. The fraction of sp³-hybridized carbons (Fsp3) is 0.320. The minimum atomic E-state index is -0.763. The molecule has 0 aromatic heterocycles. The molecule has 0 spiro atoms. The Hall–Kier alpha value is -3.05. The first-order chi connectivity index (χ1) is 14.6. The Kier molecular flexibility index (Phi) is 5.91. The highest BCUT2D eigenvalue weighted by molar-refractivity contribution is 5.83. The van der Waals surface area contributed by atoms with E-state index in [0.717, 1.165) is 35.9 Å². The Morgan fingerprint density at radius 2 is 1.63 bits per heavy atom. The number of rotatable bonds is 6. The van der Waals surface area contributed by atoms with E-state index in [-0.39, 0.29) is 6.04 Å². The standard InChI is InChI=1S/C25H27NO4/c1-29-22-13-12-20(16-23(22)30-2)24(26-14-6-5-9-21(26)25(27)28)19-11-10-17-7-3-4-8-18(17)15-19/h3-4,7-8,10-13,15-16,21,24H,5-6,9,14H2,1-2H3,(H,27,28). The van der Waals surface area contributed by atoms with E-state index >= 15 is 0 Å². The Bertz CT molecular complexity index is 1050. The SMILES string of the molecule is COc1ccc(C(c2ccc3ccccc3c2)N2CCCCC2C(=O)O)cc1OC. The Labute approximate surface area is 176 Å². The normalized spacial score (nSPS) is 18.1. The van der Waals surface area contributed by atoms with Crippen LogP contribution in [-0.4, -0.2) is 42.8 Å². The molecule has 0 amide bonds. The molecule has 5 nitrogen and oxygen atoms in total. The lowest BCUT2D eigenvalue weighted by atomic mass is 9.90. The van der Waals surface area contributed by atoms with Gasteiger partial charge in [-0.05, 0) is 59.5 Å². The van der Waals surface area contributed by atoms with Crippen LogP contribution in [0.25, 0.3) is 10.8 Å². The highest BCUT2D eigenvalue weighted by Crippen LogP contribution is 2.39. The highest BCUT2D eigenvalue weighted by Gasteiger charge is 2.35. The number of piperidine rings is 1. The molecule has 1 aliphatic heterocycles. The van der Waals surface area contributed by atoms with Crippen LogP contribution < -0.4 is 9.47 Å². The van der Waals surface area contributed by atoms with E-state index < -0.39 is 12.0 Å². The third kappa shape index (κ3) is 3.85. The molecule has 156 valence electrons. The van der Waals surface area contributed by atoms with Crippen molar-refractivity contribution in [3.8, 4) is 11.5 Å². The molecule has 0 saturated carbocycles. The Morgan fingerprint density at radius 3 is 2.37 bits per heavy atom. The fourth-order valence-electron chi connectivity index (χ4n) is 4.50. The Morgan fingerprint density at radius 1 is 0.933 bits per heavy atom. The van der Waals surface area contributed by atoms with Gasteiger partial charge in [-0.25, -0.2) is 0 Å². The van der Waals surface area contributed by atoms with E-state index in [0.29, 0.717) is 17.9 Å². The third-order valence-corrected chi connectivity index (χ3v) is 5.97. The number of nitrogens with zero attached hydrogens (tertiary/aromatic N) is 1. The van der Waals surface area contributed by atoms with Gasteiger partial charge in [0, 0.05) is 0 Å². The molecule has 1 aliphatic rings. The molecule has 0 bridgehead atoms. The predicted octanol–water partition coefficient (Wildman–Crippen LogP) is 4.89. The lowest BCUT2D eigenvalue weighted by molar-refractivity contribution is -0.145. The van der Waals surface area contributed by atoms with Crippen molar-refractivity contribution in [2.45, 2.75) is 31.3 Å². The molecule has 0 aliphatic carbocycles. The molecule has 0 radical (unpaired) electrons. The van der Waals surface area contributed by atoms with Gasteiger partial charge in [0.15, 0.2) is 11.5 Å². The molecule has 1 N–H and O–H groups in total. The first kappa shape index (κ1) is 20.2. The van der Waals surface area contributed by atoms with Gasteiger partial charge in [-0.15, -0.1) is 0 Å². The van der Waals surface area contributed by atoms with Crippen molar-refractivity contribution >= 4 is 16.7 Å². The lowest BCUT2D eigenvalue weighted by Crippen LogP contribution is -2.46. The zero-order valence-corrected chi connectivity index (χ0v) is 17.4. The van der Waals surface area contributed by atoms with E-state index in [1.807, 2.05) is 30.3 Å². The number of ether oxygens (including phenoxy) is 2. The van der Waals surface area contributed by atoms with Crippen LogP contribution in [0.15, 0.2) is 60.7 Å². The number of methoxy groups -OCH3 is 2. The molecule has 3 aromatic rings. The minimum Gasteiger partial charge on any atom is -0.493 e. The maximum Gasteiger partial charge on any atom is 0.320 e. The van der Waals surface area contributed by atoms with Gasteiger partial charge >= 0.3 is 5.97 Å². The predicted molar refractivity (Wildman–Crippen MR) is 117 cm³/mol. The topological polar surface area (TPSA) is 59.0 Å². The second-order valence-electron chi connectivity index (χ2n) is 7.71. The molecule has 1 heterocycles. The first-order valence-electron chi connectivity index (χ1n) is 10.3. The van der Waals surface area contributed by atoms with Crippen molar-refractivity contribution in [3.05, 3.63) is 71.8 Å². The summed E-state index contributed by atoms with van der Waals surface area (Å²) in [6.45, 7) is 0.739. The summed E-state index contributed by atoms with van der Waals surface area (Å²) >= 11 is 0. The van der Waals surface area contributed by atoms with Gasteiger partial charge in [-0.3, -0.25) is 9.69 Å². The summed E-state index contributed by atoms with van der Waals surface area (Å²) in [6.07, 6.45) is 2.58. The zero-order valence-electron chi connectivity index (χ0n) is 17.4. The molecule has 30 heavy (non-hydrogen) atoms. The van der Waals surface area contributed by atoms with Crippen LogP contribution in [0.1, 0.15) is 36.4 Å². The van der Waals surface area contributed by atoms with Gasteiger partial charge in [-0.2, -0.15) is 0 Å². The monoisotopic (exact) mass is 405 g/mol. The number of fused-ring (bicyclic) bond motifs is 1. The van der Waals surface area contributed by atoms with Crippen LogP contribution >= 0.6 is 0 Å². The van der Waals surface area contributed by atoms with Crippen LogP contribution in [0.4, 0.5) is 0 Å². The number of benzene rings is 3. The van der Waals surface area contributed by atoms with E-state index in [4.69, 9.17) is 9.47 Å². The fourth-order valence-corrected chi connectivity index (χ4v) is 4.50. The molecular weight excluding hydrogens is 378 g/mol. The van der Waals surface area contributed by atoms with Crippen LogP contribution in [0.2, 0.25) is 0 Å². The van der Waals surface area contributed by atoms with Gasteiger partial charge in [0.05, 0.1) is 20.3 Å². The number of carboxylic acid groups (broad SMARTS) is 1. The summed E-state index contributed by atoms with van der Waals surface area (Å²) in [7, 11) is 3.23. The smallest absolute Gasteiger partial charge is 0.320 e. The van der Waals surface area contributed by atoms with Crippen molar-refractivity contribution in [1.82, 2.24) is 4.90 Å². The molecule has 3 aromatic carbocycles. The summed E-state index contributed by atoms with van der Waals surface area (Å²) in [5.41, 5.74) is 2.07.